The average Bonchev–Trinajstić information content (AvgIpc) is 3.52. The number of anilines is 1. The summed E-state index contributed by atoms with van der Waals surface area (Å²) in [6.07, 6.45) is 0.849. The van der Waals surface area contributed by atoms with E-state index in [1.807, 2.05) is 17.0 Å². The summed E-state index contributed by atoms with van der Waals surface area (Å²) in [5.74, 6) is 0.394. The van der Waals surface area contributed by atoms with Crippen LogP contribution in [0.2, 0.25) is 0 Å². The van der Waals surface area contributed by atoms with E-state index < -0.39 is 11.4 Å². The minimum Gasteiger partial charge on any atom is -0.497 e. The molecule has 0 bridgehead atoms. The number of rotatable bonds is 5. The molecule has 0 saturated carbocycles. The van der Waals surface area contributed by atoms with Gasteiger partial charge in [0.2, 0.25) is 0 Å². The van der Waals surface area contributed by atoms with Crippen molar-refractivity contribution in [2.45, 2.75) is 30.8 Å². The summed E-state index contributed by atoms with van der Waals surface area (Å²) in [5.41, 5.74) is 8.52. The Bertz CT molecular complexity index is 1110. The van der Waals surface area contributed by atoms with Crippen molar-refractivity contribution in [1.29, 1.82) is 0 Å². The van der Waals surface area contributed by atoms with Crippen LogP contribution in [-0.4, -0.2) is 74.4 Å². The van der Waals surface area contributed by atoms with E-state index in [9.17, 15) is 14.0 Å². The second kappa shape index (κ2) is 9.94. The fourth-order valence-electron chi connectivity index (χ4n) is 5.53. The average molecular weight is 498 g/mol. The molecule has 0 radical (unpaired) electrons. The number of ether oxygens (including phenoxy) is 2. The predicted octanol–water partition coefficient (Wildman–Crippen LogP) is 3.07. The molecule has 2 N–H and O–H groups in total. The van der Waals surface area contributed by atoms with Crippen LogP contribution in [0.1, 0.15) is 29.9 Å². The number of carbonyl (C=O) groups is 2. The maximum Gasteiger partial charge on any atom is 0.409 e. The zero-order chi connectivity index (χ0) is 25.3. The van der Waals surface area contributed by atoms with E-state index in [1.54, 1.807) is 15.9 Å². The first-order valence-corrected chi connectivity index (χ1v) is 12.2. The first-order valence-electron chi connectivity index (χ1n) is 12.2. The summed E-state index contributed by atoms with van der Waals surface area (Å²) in [4.78, 5) is 31.2. The van der Waals surface area contributed by atoms with Crippen LogP contribution in [-0.2, 0) is 11.3 Å². The van der Waals surface area contributed by atoms with Gasteiger partial charge < -0.3 is 19.3 Å². The standard InChI is InChI=1S/C26H32FN5O4/c1-35-23-12-18(11-21(27)13-23)16-32-24(33)31(17-26(32)7-9-30(10-8-26)25(34)36-2)22-5-3-19(4-6-22)20-14-28-29-15-20/h3-6,11-13,20,28-29H,7-10,14-17H2,1-2H3. The molecule has 192 valence electrons. The molecule has 3 aliphatic rings. The smallest absolute Gasteiger partial charge is 0.409 e. The quantitative estimate of drug-likeness (QED) is 0.661. The molecule has 1 spiro atoms. The second-order valence-electron chi connectivity index (χ2n) is 9.69. The van der Waals surface area contributed by atoms with Gasteiger partial charge in [-0.15, -0.1) is 0 Å². The number of carbonyl (C=O) groups excluding carboxylic acids is 2. The highest BCUT2D eigenvalue weighted by Crippen LogP contribution is 2.40. The van der Waals surface area contributed by atoms with Gasteiger partial charge in [-0.3, -0.25) is 15.8 Å². The van der Waals surface area contributed by atoms with Gasteiger partial charge in [0.15, 0.2) is 0 Å². The number of hydrogen-bond donors (Lipinski definition) is 2. The lowest BCUT2D eigenvalue weighted by atomic mass is 9.86. The van der Waals surface area contributed by atoms with Gasteiger partial charge in [0.1, 0.15) is 11.6 Å². The Labute approximate surface area is 210 Å². The Morgan fingerprint density at radius 2 is 1.78 bits per heavy atom. The van der Waals surface area contributed by atoms with Crippen LogP contribution in [0.15, 0.2) is 42.5 Å². The van der Waals surface area contributed by atoms with Crippen molar-refractivity contribution in [1.82, 2.24) is 20.7 Å². The van der Waals surface area contributed by atoms with Crippen molar-refractivity contribution in [2.75, 3.05) is 51.8 Å². The number of nitrogens with one attached hydrogen (secondary N) is 2. The monoisotopic (exact) mass is 497 g/mol. The highest BCUT2D eigenvalue weighted by molar-refractivity contribution is 5.95. The maximum absolute atomic E-state index is 14.2. The number of nitrogens with zero attached hydrogens (tertiary/aromatic N) is 3. The first kappa shape index (κ1) is 24.3. The Morgan fingerprint density at radius 1 is 1.08 bits per heavy atom. The van der Waals surface area contributed by atoms with E-state index >= 15 is 0 Å². The molecular formula is C26H32FN5O4. The van der Waals surface area contributed by atoms with E-state index in [1.165, 1.54) is 31.9 Å². The van der Waals surface area contributed by atoms with Gasteiger partial charge >= 0.3 is 12.1 Å². The lowest BCUT2D eigenvalue weighted by Gasteiger charge is -2.43. The Hall–Kier alpha value is -3.37. The van der Waals surface area contributed by atoms with Gasteiger partial charge in [-0.2, -0.15) is 0 Å². The normalized spacial score (nSPS) is 19.9. The van der Waals surface area contributed by atoms with Crippen LogP contribution in [0.25, 0.3) is 0 Å². The molecule has 3 fully saturated rings. The highest BCUT2D eigenvalue weighted by atomic mass is 19.1. The third kappa shape index (κ3) is 4.58. The van der Waals surface area contributed by atoms with E-state index in [0.29, 0.717) is 49.7 Å². The zero-order valence-electron chi connectivity index (χ0n) is 20.6. The number of halogens is 1. The number of hydrogen-bond acceptors (Lipinski definition) is 6. The first-order chi connectivity index (χ1) is 17.4. The van der Waals surface area contributed by atoms with Crippen molar-refractivity contribution in [3.8, 4) is 5.75 Å². The van der Waals surface area contributed by atoms with Crippen molar-refractivity contribution < 1.29 is 23.5 Å². The van der Waals surface area contributed by atoms with Crippen molar-refractivity contribution in [3.63, 3.8) is 0 Å². The molecular weight excluding hydrogens is 465 g/mol. The molecule has 9 nitrogen and oxygen atoms in total. The largest absolute Gasteiger partial charge is 0.497 e. The summed E-state index contributed by atoms with van der Waals surface area (Å²) >= 11 is 0. The fourth-order valence-corrected chi connectivity index (χ4v) is 5.53. The van der Waals surface area contributed by atoms with Gasteiger partial charge in [-0.05, 0) is 48.2 Å². The Morgan fingerprint density at radius 3 is 2.42 bits per heavy atom. The molecule has 3 heterocycles. The molecule has 3 amide bonds. The summed E-state index contributed by atoms with van der Waals surface area (Å²) < 4.78 is 24.4. The molecule has 2 aromatic rings. The van der Waals surface area contributed by atoms with Crippen LogP contribution < -0.4 is 20.5 Å². The SMILES string of the molecule is COC(=O)N1CCC2(CC1)CN(c1ccc(C3CNNC3)cc1)C(=O)N2Cc1cc(F)cc(OC)c1. The van der Waals surface area contributed by atoms with Gasteiger partial charge in [-0.1, -0.05) is 12.1 Å². The van der Waals surface area contributed by atoms with Gasteiger partial charge in [0, 0.05) is 50.4 Å². The third-order valence-electron chi connectivity index (χ3n) is 7.62. The van der Waals surface area contributed by atoms with Crippen LogP contribution in [0.5, 0.6) is 5.75 Å². The zero-order valence-corrected chi connectivity index (χ0v) is 20.6. The van der Waals surface area contributed by atoms with E-state index in [2.05, 4.69) is 23.0 Å². The molecule has 0 atom stereocenters. The van der Waals surface area contributed by atoms with Crippen LogP contribution in [0.4, 0.5) is 19.7 Å². The summed E-state index contributed by atoms with van der Waals surface area (Å²) in [7, 11) is 2.87. The molecule has 0 unspecified atom stereocenters. The molecule has 0 aromatic heterocycles. The molecule has 3 aliphatic heterocycles. The van der Waals surface area contributed by atoms with Crippen molar-refractivity contribution in [2.24, 2.45) is 0 Å². The number of hydrazine groups is 1. The molecule has 5 rings (SSSR count). The number of amides is 3. The fraction of sp³-hybridized carbons (Fsp3) is 0.462. The topological polar surface area (TPSA) is 86.4 Å². The molecule has 0 aliphatic carbocycles. The number of piperidine rings is 1. The summed E-state index contributed by atoms with van der Waals surface area (Å²) in [6, 6.07) is 12.5. The minimum absolute atomic E-state index is 0.123. The van der Waals surface area contributed by atoms with E-state index in [4.69, 9.17) is 9.47 Å². The molecule has 36 heavy (non-hydrogen) atoms. The maximum atomic E-state index is 14.2. The van der Waals surface area contributed by atoms with Crippen LogP contribution >= 0.6 is 0 Å². The third-order valence-corrected chi connectivity index (χ3v) is 7.62. The predicted molar refractivity (Wildman–Crippen MR) is 132 cm³/mol. The van der Waals surface area contributed by atoms with Gasteiger partial charge in [0.05, 0.1) is 26.3 Å². The molecule has 2 aromatic carbocycles. The second-order valence-corrected chi connectivity index (χ2v) is 9.69. The number of methoxy groups -OCH3 is 2. The summed E-state index contributed by atoms with van der Waals surface area (Å²) in [5, 5.41) is 0. The number of benzene rings is 2. The van der Waals surface area contributed by atoms with E-state index in [0.717, 1.165) is 18.8 Å². The van der Waals surface area contributed by atoms with Crippen LogP contribution in [0, 0.1) is 5.82 Å². The Kier molecular flexibility index (Phi) is 6.72. The highest BCUT2D eigenvalue weighted by Gasteiger charge is 2.51. The number of likely N-dealkylation sites (tertiary alicyclic amines) is 1. The molecule has 3 saturated heterocycles. The van der Waals surface area contributed by atoms with Gasteiger partial charge in [0.25, 0.3) is 0 Å². The van der Waals surface area contributed by atoms with E-state index in [-0.39, 0.29) is 18.7 Å². The van der Waals surface area contributed by atoms with Crippen molar-refractivity contribution >= 4 is 17.8 Å². The lowest BCUT2D eigenvalue weighted by molar-refractivity contribution is 0.0615. The van der Waals surface area contributed by atoms with Gasteiger partial charge in [-0.25, -0.2) is 14.0 Å². The minimum atomic E-state index is -0.487. The number of urea groups is 1. The lowest BCUT2D eigenvalue weighted by Crippen LogP contribution is -2.55. The Balaban J connectivity index is 1.42. The molecule has 10 heteroatoms. The van der Waals surface area contributed by atoms with Crippen LogP contribution in [0.3, 0.4) is 0 Å². The summed E-state index contributed by atoms with van der Waals surface area (Å²) in [6.45, 7) is 3.45. The van der Waals surface area contributed by atoms with Crippen molar-refractivity contribution in [3.05, 3.63) is 59.4 Å².